The van der Waals surface area contributed by atoms with E-state index in [4.69, 9.17) is 20.4 Å². The lowest BCUT2D eigenvalue weighted by molar-refractivity contribution is -0.168. The van der Waals surface area contributed by atoms with Crippen molar-refractivity contribution in [3.63, 3.8) is 0 Å². The molecule has 0 radical (unpaired) electrons. The van der Waals surface area contributed by atoms with E-state index in [1.54, 1.807) is 5.32 Å². The minimum Gasteiger partial charge on any atom is -0.481 e. The number of aliphatic hydroxyl groups is 2. The van der Waals surface area contributed by atoms with Gasteiger partial charge in [-0.3, -0.25) is 9.59 Å². The fourth-order valence-electron chi connectivity index (χ4n) is 1.16. The van der Waals surface area contributed by atoms with Crippen molar-refractivity contribution >= 4 is 23.8 Å². The molecule has 0 aliphatic rings. The highest BCUT2D eigenvalue weighted by molar-refractivity contribution is 5.91. The number of hydrogen-bond donors (Lipinski definition) is 6. The van der Waals surface area contributed by atoms with Crippen molar-refractivity contribution in [2.45, 2.75) is 24.5 Å². The Labute approximate surface area is 106 Å². The molecule has 0 aliphatic carbocycles. The first kappa shape index (κ1) is 16.8. The zero-order chi connectivity index (χ0) is 15.2. The lowest BCUT2D eigenvalue weighted by atomic mass is 9.95. The van der Waals surface area contributed by atoms with Crippen molar-refractivity contribution in [1.82, 2.24) is 5.32 Å². The molecule has 19 heavy (non-hydrogen) atoms. The van der Waals surface area contributed by atoms with Crippen LogP contribution in [0.15, 0.2) is 0 Å². The van der Waals surface area contributed by atoms with Crippen LogP contribution in [0.1, 0.15) is 12.8 Å². The van der Waals surface area contributed by atoms with Crippen LogP contribution in [0.4, 0.5) is 0 Å². The van der Waals surface area contributed by atoms with Crippen molar-refractivity contribution in [1.29, 1.82) is 0 Å². The van der Waals surface area contributed by atoms with Gasteiger partial charge in [0.05, 0.1) is 19.4 Å². The second kappa shape index (κ2) is 6.66. The molecule has 0 spiro atoms. The highest BCUT2D eigenvalue weighted by Gasteiger charge is 2.41. The topological polar surface area (TPSA) is 181 Å². The molecule has 0 saturated heterocycles. The summed E-state index contributed by atoms with van der Waals surface area (Å²) in [4.78, 5) is 42.9. The minimum absolute atomic E-state index is 0.939. The van der Waals surface area contributed by atoms with Crippen molar-refractivity contribution in [3.8, 4) is 0 Å². The van der Waals surface area contributed by atoms with E-state index in [1.165, 1.54) is 0 Å². The first-order chi connectivity index (χ1) is 8.62. The molecule has 2 atom stereocenters. The Morgan fingerprint density at radius 3 is 1.89 bits per heavy atom. The monoisotopic (exact) mass is 279 g/mol. The lowest BCUT2D eigenvalue weighted by Crippen LogP contribution is -2.49. The van der Waals surface area contributed by atoms with Crippen molar-refractivity contribution in [2.75, 3.05) is 6.61 Å². The molecule has 10 nitrogen and oxygen atoms in total. The van der Waals surface area contributed by atoms with Gasteiger partial charge in [0.1, 0.15) is 6.04 Å². The predicted octanol–water partition coefficient (Wildman–Crippen LogP) is -2.77. The highest BCUT2D eigenvalue weighted by atomic mass is 16.4. The molecule has 0 saturated carbocycles. The smallest absolute Gasteiger partial charge is 0.336 e. The number of carbonyl (C=O) groups excluding carboxylic acids is 1. The molecule has 10 heteroatoms. The molecule has 1 amide bonds. The Kier molecular flexibility index (Phi) is 5.89. The quantitative estimate of drug-likeness (QED) is 0.274. The number of rotatable bonds is 8. The van der Waals surface area contributed by atoms with Gasteiger partial charge in [-0.2, -0.15) is 0 Å². The van der Waals surface area contributed by atoms with Gasteiger partial charge >= 0.3 is 17.9 Å². The molecular formula is C9H13NO9. The number of aliphatic carboxylic acids is 3. The number of carboxylic acids is 3. The number of carbonyl (C=O) groups is 4. The molecule has 0 aromatic carbocycles. The summed E-state index contributed by atoms with van der Waals surface area (Å²) in [6, 6.07) is -1.67. The number of carboxylic acid groups (broad SMARTS) is 3. The molecule has 0 aromatic heterocycles. The summed E-state index contributed by atoms with van der Waals surface area (Å²) in [6.45, 7) is -0.939. The number of hydrogen-bond acceptors (Lipinski definition) is 6. The predicted molar refractivity (Wildman–Crippen MR) is 56.1 cm³/mol. The number of nitrogens with one attached hydrogen (secondary N) is 1. The molecule has 1 unspecified atom stereocenters. The van der Waals surface area contributed by atoms with Crippen LogP contribution in [0, 0.1) is 0 Å². The molecule has 0 heterocycles. The average Bonchev–Trinajstić information content (AvgIpc) is 2.23. The summed E-state index contributed by atoms with van der Waals surface area (Å²) < 4.78 is 0. The minimum atomic E-state index is -2.85. The molecule has 0 aliphatic heterocycles. The van der Waals surface area contributed by atoms with Gasteiger partial charge in [-0.05, 0) is 0 Å². The summed E-state index contributed by atoms with van der Waals surface area (Å²) in [6.07, 6.45) is -2.38. The van der Waals surface area contributed by atoms with Gasteiger partial charge in [-0.1, -0.05) is 0 Å². The summed E-state index contributed by atoms with van der Waals surface area (Å²) in [5.41, 5.74) is -2.85. The van der Waals surface area contributed by atoms with E-state index in [9.17, 15) is 24.3 Å². The zero-order valence-corrected chi connectivity index (χ0v) is 9.57. The van der Waals surface area contributed by atoms with Crippen LogP contribution >= 0.6 is 0 Å². The Morgan fingerprint density at radius 2 is 1.58 bits per heavy atom. The SMILES string of the molecule is O=C(O)CC(O)(CC(=O)N[C@@H](CO)C(=O)O)C(=O)O. The average molecular weight is 279 g/mol. The number of aliphatic hydroxyl groups excluding tert-OH is 1. The van der Waals surface area contributed by atoms with Gasteiger partial charge < -0.3 is 30.8 Å². The van der Waals surface area contributed by atoms with Gasteiger partial charge in [0.2, 0.25) is 5.91 Å². The molecule has 108 valence electrons. The van der Waals surface area contributed by atoms with Crippen molar-refractivity contribution in [3.05, 3.63) is 0 Å². The molecule has 0 aromatic rings. The Bertz CT molecular complexity index is 393. The van der Waals surface area contributed by atoms with Crippen LogP contribution in [0.3, 0.4) is 0 Å². The fraction of sp³-hybridized carbons (Fsp3) is 0.556. The molecule has 6 N–H and O–H groups in total. The largest absolute Gasteiger partial charge is 0.481 e. The van der Waals surface area contributed by atoms with E-state index < -0.39 is 54.9 Å². The Balaban J connectivity index is 4.78. The maximum absolute atomic E-state index is 11.3. The molecule has 0 bridgehead atoms. The maximum Gasteiger partial charge on any atom is 0.336 e. The van der Waals surface area contributed by atoms with Crippen LogP contribution in [0.5, 0.6) is 0 Å². The van der Waals surface area contributed by atoms with Gasteiger partial charge in [0.25, 0.3) is 0 Å². The van der Waals surface area contributed by atoms with E-state index in [1.807, 2.05) is 0 Å². The van der Waals surface area contributed by atoms with Crippen LogP contribution < -0.4 is 5.32 Å². The summed E-state index contributed by atoms with van der Waals surface area (Å²) in [5, 5.41) is 45.5. The highest BCUT2D eigenvalue weighted by Crippen LogP contribution is 2.16. The summed E-state index contributed by atoms with van der Waals surface area (Å²) in [7, 11) is 0. The summed E-state index contributed by atoms with van der Waals surface area (Å²) in [5.74, 6) is -6.35. The third-order valence-corrected chi connectivity index (χ3v) is 2.11. The normalized spacial score (nSPS) is 15.1. The van der Waals surface area contributed by atoms with E-state index in [2.05, 4.69) is 0 Å². The van der Waals surface area contributed by atoms with Gasteiger partial charge in [0.15, 0.2) is 5.60 Å². The fourth-order valence-corrected chi connectivity index (χ4v) is 1.16. The van der Waals surface area contributed by atoms with E-state index in [-0.39, 0.29) is 0 Å². The Morgan fingerprint density at radius 1 is 1.05 bits per heavy atom. The van der Waals surface area contributed by atoms with Crippen LogP contribution in [-0.4, -0.2) is 67.6 Å². The van der Waals surface area contributed by atoms with Crippen molar-refractivity contribution in [2.24, 2.45) is 0 Å². The van der Waals surface area contributed by atoms with E-state index in [0.29, 0.717) is 0 Å². The first-order valence-corrected chi connectivity index (χ1v) is 4.93. The third-order valence-electron chi connectivity index (χ3n) is 2.11. The Hall–Kier alpha value is -2.20. The van der Waals surface area contributed by atoms with Crippen LogP contribution in [0.2, 0.25) is 0 Å². The van der Waals surface area contributed by atoms with Crippen molar-refractivity contribution < 1.29 is 44.7 Å². The second-order valence-electron chi connectivity index (χ2n) is 3.72. The second-order valence-corrected chi connectivity index (χ2v) is 3.72. The molecule has 0 fully saturated rings. The lowest BCUT2D eigenvalue weighted by Gasteiger charge is -2.21. The zero-order valence-electron chi connectivity index (χ0n) is 9.57. The maximum atomic E-state index is 11.3. The standard InChI is InChI=1S/C9H13NO9/c11-3-4(7(15)16)10-5(12)1-9(19,8(17)18)2-6(13)14/h4,11,19H,1-3H2,(H,10,12)(H,13,14)(H,15,16)(H,17,18)/t4-,9?/m0/s1. The van der Waals surface area contributed by atoms with Gasteiger partial charge in [0, 0.05) is 0 Å². The van der Waals surface area contributed by atoms with Crippen LogP contribution in [-0.2, 0) is 19.2 Å². The van der Waals surface area contributed by atoms with Crippen LogP contribution in [0.25, 0.3) is 0 Å². The van der Waals surface area contributed by atoms with E-state index in [0.717, 1.165) is 0 Å². The first-order valence-electron chi connectivity index (χ1n) is 4.93. The molecule has 0 rings (SSSR count). The number of amides is 1. The molecular weight excluding hydrogens is 266 g/mol. The van der Waals surface area contributed by atoms with E-state index >= 15 is 0 Å². The van der Waals surface area contributed by atoms with Gasteiger partial charge in [-0.25, -0.2) is 9.59 Å². The third kappa shape index (κ3) is 5.31. The summed E-state index contributed by atoms with van der Waals surface area (Å²) >= 11 is 0. The van der Waals surface area contributed by atoms with Gasteiger partial charge in [-0.15, -0.1) is 0 Å².